The molecule has 0 saturated heterocycles. The summed E-state index contributed by atoms with van der Waals surface area (Å²) in [6.07, 6.45) is -7.13. The van der Waals surface area contributed by atoms with Gasteiger partial charge in [-0.15, -0.1) is 0 Å². The predicted octanol–water partition coefficient (Wildman–Crippen LogP) is 2.83. The highest BCUT2D eigenvalue weighted by atomic mass is 32.2. The zero-order valence-corrected chi connectivity index (χ0v) is 10.3. The first-order valence-corrected chi connectivity index (χ1v) is 5.32. The van der Waals surface area contributed by atoms with E-state index in [0.717, 1.165) is 0 Å². The fourth-order valence-electron chi connectivity index (χ4n) is 0.523. The molecule has 0 atom stereocenters. The van der Waals surface area contributed by atoms with Gasteiger partial charge in [0.1, 0.15) is 0 Å². The third kappa shape index (κ3) is 4.29. The van der Waals surface area contributed by atoms with Gasteiger partial charge in [0.25, 0.3) is 0 Å². The van der Waals surface area contributed by atoms with Gasteiger partial charge in [0.15, 0.2) is 0 Å². The van der Waals surface area contributed by atoms with E-state index in [1.54, 1.807) is 0 Å². The third-order valence-electron chi connectivity index (χ3n) is 1.44. The minimum Gasteiger partial charge on any atom is -0.317 e. The molecule has 0 aliphatic carbocycles. The molecule has 0 fully saturated rings. The Bertz CT molecular complexity index is 431. The van der Waals surface area contributed by atoms with Gasteiger partial charge in [-0.05, 0) is 13.4 Å². The maximum Gasteiger partial charge on any atom is 0.460 e. The Labute approximate surface area is 111 Å². The van der Waals surface area contributed by atoms with Crippen molar-refractivity contribution >= 4 is 23.6 Å². The number of rotatable bonds is 3. The lowest BCUT2D eigenvalue weighted by molar-refractivity contribution is -0.382. The largest absolute Gasteiger partial charge is 0.460 e. The van der Waals surface area contributed by atoms with E-state index in [2.05, 4.69) is 13.4 Å². The molecule has 3 N–H and O–H groups in total. The second kappa shape index (κ2) is 7.06. The molecule has 0 aliphatic rings. The predicted molar refractivity (Wildman–Crippen MR) is 52.1 cm³/mol. The summed E-state index contributed by atoms with van der Waals surface area (Å²) >= 11 is 0. The lowest BCUT2D eigenvalue weighted by Gasteiger charge is -2.31. The number of halogens is 9. The summed E-state index contributed by atoms with van der Waals surface area (Å²) in [7, 11) is -7.17. The summed E-state index contributed by atoms with van der Waals surface area (Å²) in [6, 6.07) is 0. The van der Waals surface area contributed by atoms with Crippen LogP contribution >= 0.6 is 0 Å². The summed E-state index contributed by atoms with van der Waals surface area (Å²) in [5.41, 5.74) is 0. The molecule has 0 heterocycles. The van der Waals surface area contributed by atoms with Crippen molar-refractivity contribution in [2.75, 3.05) is 0 Å². The summed E-state index contributed by atoms with van der Waals surface area (Å²) in [5.74, 6) is -14.7. The lowest BCUT2D eigenvalue weighted by atomic mass is 10.1. The van der Waals surface area contributed by atoms with Crippen molar-refractivity contribution in [3.63, 3.8) is 0 Å². The molecule has 5 nitrogen and oxygen atoms in total. The van der Waals surface area contributed by atoms with Crippen LogP contribution in [0.25, 0.3) is 0 Å². The monoisotopic (exact) mass is 358 g/mol. The van der Waals surface area contributed by atoms with Gasteiger partial charge in [-0.2, -0.15) is 47.9 Å². The molecule has 0 rings (SSSR count). The summed E-state index contributed by atoms with van der Waals surface area (Å²) < 4.78 is 134. The van der Waals surface area contributed by atoms with Crippen molar-refractivity contribution in [2.24, 2.45) is 0 Å². The first kappa shape index (κ1) is 24.6. The first-order chi connectivity index (χ1) is 9.00. The Morgan fingerprint density at radius 1 is 0.714 bits per heavy atom. The molecule has 0 aromatic heterocycles. The highest BCUT2D eigenvalue weighted by Crippen LogP contribution is 2.54. The van der Waals surface area contributed by atoms with Crippen molar-refractivity contribution in [3.05, 3.63) is 0 Å². The highest BCUT2D eigenvalue weighted by Gasteiger charge is 2.85. The average molecular weight is 358 g/mol. The van der Waals surface area contributed by atoms with Gasteiger partial charge in [-0.1, -0.05) is 0 Å². The van der Waals surface area contributed by atoms with Crippen molar-refractivity contribution in [3.8, 4) is 0 Å². The second-order valence-corrected chi connectivity index (χ2v) is 4.10. The van der Waals surface area contributed by atoms with Gasteiger partial charge in [-0.25, -0.2) is 0 Å². The molecule has 128 valence electrons. The number of nitrogens with one attached hydrogen (secondary N) is 2. The molecule has 21 heavy (non-hydrogen) atoms. The first-order valence-electron chi connectivity index (χ1n) is 3.88. The van der Waals surface area contributed by atoms with Crippen LogP contribution in [0.15, 0.2) is 0 Å². The Balaban J connectivity index is -0.000000739. The van der Waals surface area contributed by atoms with Crippen LogP contribution in [0, 0.1) is 10.8 Å². The van der Waals surface area contributed by atoms with E-state index in [0.29, 0.717) is 0 Å². The molecule has 0 aliphatic heterocycles. The molecule has 15 heteroatoms. The van der Waals surface area contributed by atoms with Crippen molar-refractivity contribution < 1.29 is 52.5 Å². The minimum atomic E-state index is -7.37. The van der Waals surface area contributed by atoms with E-state index in [4.69, 9.17) is 15.4 Å². The van der Waals surface area contributed by atoms with Crippen LogP contribution in [0.3, 0.4) is 0 Å². The van der Waals surface area contributed by atoms with E-state index in [9.17, 15) is 47.9 Å². The fraction of sp³-hybridized carbons (Fsp3) is 0.667. The molecule has 0 radical (unpaired) electrons. The van der Waals surface area contributed by atoms with Crippen LogP contribution in [0.5, 0.6) is 0 Å². The van der Waals surface area contributed by atoms with E-state index in [1.807, 2.05) is 0 Å². The van der Waals surface area contributed by atoms with Gasteiger partial charge in [-0.3, -0.25) is 4.55 Å². The lowest BCUT2D eigenvalue weighted by Crippen LogP contribution is -2.63. The van der Waals surface area contributed by atoms with Crippen molar-refractivity contribution in [2.45, 2.75) is 23.3 Å². The number of hydrogen-bond donors (Lipinski definition) is 3. The Hall–Kier alpha value is -1.38. The van der Waals surface area contributed by atoms with Crippen LogP contribution in [0.1, 0.15) is 0 Å². The molecule has 0 amide bonds. The summed E-state index contributed by atoms with van der Waals surface area (Å²) in [4.78, 5) is 0. The van der Waals surface area contributed by atoms with Gasteiger partial charge in [0, 0.05) is 0 Å². The quantitative estimate of drug-likeness (QED) is 0.411. The molecule has 0 bridgehead atoms. The zero-order chi connectivity index (χ0) is 18.5. The molecule has 0 aromatic rings. The molecule has 0 aromatic carbocycles. The third-order valence-corrected chi connectivity index (χ3v) is 2.34. The van der Waals surface area contributed by atoms with Crippen molar-refractivity contribution in [1.82, 2.24) is 0 Å². The van der Waals surface area contributed by atoms with E-state index in [-0.39, 0.29) is 0 Å². The smallest absolute Gasteiger partial charge is 0.317 e. The Morgan fingerprint density at radius 2 is 0.952 bits per heavy atom. The molecular weight excluding hydrogens is 351 g/mol. The van der Waals surface area contributed by atoms with Crippen LogP contribution in [-0.4, -0.2) is 49.7 Å². The Morgan fingerprint density at radius 3 is 1.10 bits per heavy atom. The topological polar surface area (TPSA) is 102 Å². The minimum absolute atomic E-state index is 2.50. The molecule has 0 unspecified atom stereocenters. The number of alkyl halides is 9. The Kier molecular flexibility index (Phi) is 8.28. The van der Waals surface area contributed by atoms with E-state index in [1.165, 1.54) is 0 Å². The van der Waals surface area contributed by atoms with Crippen LogP contribution in [-0.2, 0) is 10.1 Å². The SMILES string of the molecule is C=N.C=N.O=S(=O)(O)C(F)(F)C(F)(F)C(F)(F)C(F)(F)F. The normalized spacial score (nSPS) is 13.4. The fourth-order valence-corrected chi connectivity index (χ4v) is 0.975. The number of hydrogen-bond acceptors (Lipinski definition) is 4. The van der Waals surface area contributed by atoms with Crippen LogP contribution in [0.4, 0.5) is 39.5 Å². The van der Waals surface area contributed by atoms with Crippen LogP contribution in [0.2, 0.25) is 0 Å². The highest BCUT2D eigenvalue weighted by molar-refractivity contribution is 7.87. The second-order valence-electron chi connectivity index (χ2n) is 2.64. The zero-order valence-electron chi connectivity index (χ0n) is 9.49. The van der Waals surface area contributed by atoms with E-state index < -0.39 is 33.4 Å². The molecule has 0 saturated carbocycles. The van der Waals surface area contributed by atoms with Gasteiger partial charge in [0.05, 0.1) is 0 Å². The molecule has 0 spiro atoms. The average Bonchev–Trinajstić information content (AvgIpc) is 2.30. The van der Waals surface area contributed by atoms with Crippen molar-refractivity contribution in [1.29, 1.82) is 10.8 Å². The standard InChI is InChI=1S/C4HF9O3S.2CH3N/c5-1(6,3(9,10)11)2(7,8)4(12,13)17(14,15)16;2*1-2/h(H,14,15,16);2*2H,1H2. The van der Waals surface area contributed by atoms with Gasteiger partial charge in [0.2, 0.25) is 0 Å². The summed E-state index contributed by atoms with van der Waals surface area (Å²) in [6.45, 7) is 5.00. The van der Waals surface area contributed by atoms with Gasteiger partial charge >= 0.3 is 33.4 Å². The van der Waals surface area contributed by atoms with E-state index >= 15 is 0 Å². The maximum absolute atomic E-state index is 12.2. The maximum atomic E-state index is 12.2. The van der Waals surface area contributed by atoms with Gasteiger partial charge < -0.3 is 10.8 Å². The molecular formula is C6H7F9N2O3S. The van der Waals surface area contributed by atoms with Crippen LogP contribution < -0.4 is 0 Å². The summed E-state index contributed by atoms with van der Waals surface area (Å²) in [5, 5.41) is 4.00.